The zero-order valence-corrected chi connectivity index (χ0v) is 10.6. The first-order valence-electron chi connectivity index (χ1n) is 6.59. The molecule has 1 aliphatic rings. The average molecular weight is 244 g/mol. The summed E-state index contributed by atoms with van der Waals surface area (Å²) in [5, 5.41) is 0.671. The molecule has 0 aliphatic carbocycles. The van der Waals surface area contributed by atoms with Gasteiger partial charge in [0.05, 0.1) is 24.0 Å². The molecular formula is C14H18N3O+. The first kappa shape index (κ1) is 11.4. The summed E-state index contributed by atoms with van der Waals surface area (Å²) >= 11 is 0. The summed E-state index contributed by atoms with van der Waals surface area (Å²) < 4.78 is 0. The largest absolute Gasteiger partial charge is 0.326 e. The summed E-state index contributed by atoms with van der Waals surface area (Å²) in [6.45, 7) is 4.50. The van der Waals surface area contributed by atoms with Crippen molar-refractivity contribution in [2.45, 2.75) is 25.8 Å². The minimum Gasteiger partial charge on any atom is -0.326 e. The van der Waals surface area contributed by atoms with Crippen LogP contribution in [0.3, 0.4) is 0 Å². The Kier molecular flexibility index (Phi) is 2.88. The fourth-order valence-electron chi connectivity index (χ4n) is 2.77. The van der Waals surface area contributed by atoms with E-state index in [-0.39, 0.29) is 11.6 Å². The molecule has 0 bridgehead atoms. The van der Waals surface area contributed by atoms with E-state index in [2.05, 4.69) is 16.9 Å². The minimum absolute atomic E-state index is 0.0268. The van der Waals surface area contributed by atoms with Crippen molar-refractivity contribution in [2.24, 2.45) is 0 Å². The van der Waals surface area contributed by atoms with Gasteiger partial charge < -0.3 is 9.88 Å². The van der Waals surface area contributed by atoms with E-state index in [9.17, 15) is 4.79 Å². The summed E-state index contributed by atoms with van der Waals surface area (Å²) in [6.07, 6.45) is 2.55. The van der Waals surface area contributed by atoms with Crippen LogP contribution in [0.5, 0.6) is 0 Å². The molecule has 2 heterocycles. The van der Waals surface area contributed by atoms with Gasteiger partial charge in [-0.25, -0.2) is 4.98 Å². The number of aromatic amines is 1. The van der Waals surface area contributed by atoms with Gasteiger partial charge in [-0.15, -0.1) is 0 Å². The van der Waals surface area contributed by atoms with Crippen LogP contribution in [0, 0.1) is 0 Å². The second-order valence-electron chi connectivity index (χ2n) is 5.06. The van der Waals surface area contributed by atoms with Crippen molar-refractivity contribution in [2.75, 3.05) is 13.1 Å². The van der Waals surface area contributed by atoms with Gasteiger partial charge in [0.25, 0.3) is 5.56 Å². The van der Waals surface area contributed by atoms with E-state index in [1.807, 2.05) is 24.3 Å². The van der Waals surface area contributed by atoms with E-state index >= 15 is 0 Å². The zero-order valence-electron chi connectivity index (χ0n) is 10.6. The smallest absolute Gasteiger partial charge is 0.258 e. The molecule has 0 saturated carbocycles. The molecule has 1 fully saturated rings. The van der Waals surface area contributed by atoms with E-state index < -0.39 is 0 Å². The lowest BCUT2D eigenvalue weighted by Crippen LogP contribution is -3.10. The van der Waals surface area contributed by atoms with Gasteiger partial charge in [-0.05, 0) is 19.1 Å². The lowest BCUT2D eigenvalue weighted by Gasteiger charge is -2.19. The third-order valence-electron chi connectivity index (χ3n) is 3.90. The summed E-state index contributed by atoms with van der Waals surface area (Å²) in [5.74, 6) is 0.815. The van der Waals surface area contributed by atoms with Crippen LogP contribution in [0.25, 0.3) is 10.9 Å². The Morgan fingerprint density at radius 2 is 2.00 bits per heavy atom. The number of para-hydroxylation sites is 1. The van der Waals surface area contributed by atoms with Crippen molar-refractivity contribution in [1.82, 2.24) is 9.97 Å². The number of nitrogens with zero attached hydrogens (tertiary/aromatic N) is 1. The maximum atomic E-state index is 12.0. The first-order chi connectivity index (χ1) is 8.75. The molecule has 1 aromatic carbocycles. The Labute approximate surface area is 106 Å². The van der Waals surface area contributed by atoms with Crippen molar-refractivity contribution in [3.63, 3.8) is 0 Å². The van der Waals surface area contributed by atoms with Crippen molar-refractivity contribution in [3.8, 4) is 0 Å². The average Bonchev–Trinajstić information content (AvgIpc) is 2.91. The van der Waals surface area contributed by atoms with Gasteiger partial charge in [-0.3, -0.25) is 4.79 Å². The molecule has 4 nitrogen and oxygen atoms in total. The van der Waals surface area contributed by atoms with E-state index in [0.29, 0.717) is 5.39 Å². The molecule has 18 heavy (non-hydrogen) atoms. The fraction of sp³-hybridized carbons (Fsp3) is 0.429. The van der Waals surface area contributed by atoms with Crippen LogP contribution in [-0.2, 0) is 0 Å². The van der Waals surface area contributed by atoms with Crippen LogP contribution in [0.4, 0.5) is 0 Å². The Hall–Kier alpha value is -1.68. The zero-order chi connectivity index (χ0) is 12.5. The number of fused-ring (bicyclic) bond motifs is 1. The molecule has 2 aromatic rings. The Bertz CT molecular complexity index is 614. The van der Waals surface area contributed by atoms with Crippen molar-refractivity contribution in [1.29, 1.82) is 0 Å². The SMILES string of the molecule is C[C@H](c1nc2ccccc2c(=O)[nH]1)[NH+]1CCCC1. The third-order valence-corrected chi connectivity index (χ3v) is 3.90. The molecule has 0 spiro atoms. The Balaban J connectivity index is 2.04. The predicted octanol–water partition coefficient (Wildman–Crippen LogP) is 0.663. The maximum absolute atomic E-state index is 12.0. The monoisotopic (exact) mass is 244 g/mol. The standard InChI is InChI=1S/C14H17N3O/c1-10(17-8-4-5-9-17)13-15-12-7-3-2-6-11(12)14(18)16-13/h2-3,6-7,10H,4-5,8-9H2,1H3,(H,15,16,18)/p+1/t10-/m1/s1. The molecule has 1 aliphatic heterocycles. The number of benzene rings is 1. The molecule has 1 aromatic heterocycles. The molecule has 94 valence electrons. The molecule has 2 N–H and O–H groups in total. The van der Waals surface area contributed by atoms with E-state index in [0.717, 1.165) is 11.3 Å². The van der Waals surface area contributed by atoms with Gasteiger partial charge in [-0.2, -0.15) is 0 Å². The summed E-state index contributed by atoms with van der Waals surface area (Å²) in [7, 11) is 0. The second-order valence-corrected chi connectivity index (χ2v) is 5.06. The summed E-state index contributed by atoms with van der Waals surface area (Å²) in [5.41, 5.74) is 0.766. The van der Waals surface area contributed by atoms with Gasteiger partial charge in [0.2, 0.25) is 0 Å². The van der Waals surface area contributed by atoms with E-state index in [1.165, 1.54) is 30.8 Å². The molecular weight excluding hydrogens is 226 g/mol. The first-order valence-corrected chi connectivity index (χ1v) is 6.59. The van der Waals surface area contributed by atoms with Crippen LogP contribution in [0.1, 0.15) is 31.6 Å². The summed E-state index contributed by atoms with van der Waals surface area (Å²) in [6, 6.07) is 7.78. The van der Waals surface area contributed by atoms with Crippen molar-refractivity contribution >= 4 is 10.9 Å². The third kappa shape index (κ3) is 1.93. The minimum atomic E-state index is -0.0268. The number of likely N-dealkylation sites (tertiary alicyclic amines) is 1. The van der Waals surface area contributed by atoms with Gasteiger partial charge in [0.1, 0.15) is 6.04 Å². The molecule has 0 amide bonds. The highest BCUT2D eigenvalue weighted by Gasteiger charge is 2.25. The highest BCUT2D eigenvalue weighted by Crippen LogP contribution is 2.09. The second kappa shape index (κ2) is 4.53. The molecule has 1 atom stereocenters. The molecule has 0 radical (unpaired) electrons. The van der Waals surface area contributed by atoms with Gasteiger partial charge in [0.15, 0.2) is 5.82 Å². The number of nitrogens with one attached hydrogen (secondary N) is 2. The molecule has 0 unspecified atom stereocenters. The molecule has 3 rings (SSSR count). The topological polar surface area (TPSA) is 50.2 Å². The van der Waals surface area contributed by atoms with Crippen LogP contribution in [0.15, 0.2) is 29.1 Å². The Morgan fingerprint density at radius 3 is 2.78 bits per heavy atom. The van der Waals surface area contributed by atoms with Crippen LogP contribution < -0.4 is 10.5 Å². The number of H-pyrrole nitrogens is 1. The quantitative estimate of drug-likeness (QED) is 0.815. The molecule has 4 heteroatoms. The highest BCUT2D eigenvalue weighted by molar-refractivity contribution is 5.77. The van der Waals surface area contributed by atoms with Crippen LogP contribution in [-0.4, -0.2) is 23.1 Å². The number of aromatic nitrogens is 2. The van der Waals surface area contributed by atoms with Gasteiger partial charge in [-0.1, -0.05) is 12.1 Å². The van der Waals surface area contributed by atoms with Crippen LogP contribution >= 0.6 is 0 Å². The number of hydrogen-bond acceptors (Lipinski definition) is 2. The lowest BCUT2D eigenvalue weighted by atomic mass is 10.2. The number of hydrogen-bond donors (Lipinski definition) is 2. The van der Waals surface area contributed by atoms with Gasteiger partial charge in [0, 0.05) is 12.8 Å². The number of quaternary nitrogens is 1. The predicted molar refractivity (Wildman–Crippen MR) is 70.7 cm³/mol. The van der Waals surface area contributed by atoms with Crippen LogP contribution in [0.2, 0.25) is 0 Å². The van der Waals surface area contributed by atoms with Gasteiger partial charge >= 0.3 is 0 Å². The normalized spacial score (nSPS) is 18.3. The molecule has 1 saturated heterocycles. The van der Waals surface area contributed by atoms with Crippen molar-refractivity contribution < 1.29 is 4.90 Å². The summed E-state index contributed by atoms with van der Waals surface area (Å²) in [4.78, 5) is 21.1. The Morgan fingerprint density at radius 1 is 1.28 bits per heavy atom. The fourth-order valence-corrected chi connectivity index (χ4v) is 2.77. The maximum Gasteiger partial charge on any atom is 0.258 e. The number of rotatable bonds is 2. The highest BCUT2D eigenvalue weighted by atomic mass is 16.1. The van der Waals surface area contributed by atoms with E-state index in [4.69, 9.17) is 0 Å². The van der Waals surface area contributed by atoms with Crippen molar-refractivity contribution in [3.05, 3.63) is 40.4 Å². The van der Waals surface area contributed by atoms with E-state index in [1.54, 1.807) is 0 Å². The lowest BCUT2D eigenvalue weighted by molar-refractivity contribution is -0.918.